The average molecular weight is 330 g/mol. The van der Waals surface area contributed by atoms with E-state index in [-0.39, 0.29) is 5.91 Å². The van der Waals surface area contributed by atoms with Crippen LogP contribution in [0.15, 0.2) is 0 Å². The molecule has 1 amide bonds. The molecule has 2 aromatic rings. The van der Waals surface area contributed by atoms with Crippen molar-refractivity contribution < 1.29 is 4.79 Å². The van der Waals surface area contributed by atoms with Crippen molar-refractivity contribution in [2.45, 2.75) is 65.3 Å². The topological polar surface area (TPSA) is 88.5 Å². The number of hydrogen-bond donors (Lipinski definition) is 2. The number of amides is 1. The fourth-order valence-corrected chi connectivity index (χ4v) is 3.31. The number of H-pyrrole nitrogens is 1. The van der Waals surface area contributed by atoms with Crippen LogP contribution in [0.2, 0.25) is 0 Å². The standard InChI is InChI=1S/C17H26N6O/c1-12-19-13(2)23(22-12)11-5-10-18-17(24)9-8-16-14-6-3-4-7-15(14)20-21-16/h3-11H2,1-2H3,(H,18,24)(H,20,21). The number of fused-ring (bicyclic) bond motifs is 1. The zero-order chi connectivity index (χ0) is 16.9. The quantitative estimate of drug-likeness (QED) is 0.755. The Labute approximate surface area is 142 Å². The van der Waals surface area contributed by atoms with Gasteiger partial charge >= 0.3 is 0 Å². The minimum Gasteiger partial charge on any atom is -0.356 e. The minimum atomic E-state index is 0.0917. The number of aromatic amines is 1. The summed E-state index contributed by atoms with van der Waals surface area (Å²) in [6, 6.07) is 0. The summed E-state index contributed by atoms with van der Waals surface area (Å²) in [4.78, 5) is 16.3. The summed E-state index contributed by atoms with van der Waals surface area (Å²) >= 11 is 0. The van der Waals surface area contributed by atoms with Gasteiger partial charge in [0.2, 0.25) is 5.91 Å². The molecule has 0 radical (unpaired) electrons. The van der Waals surface area contributed by atoms with E-state index in [2.05, 4.69) is 25.6 Å². The van der Waals surface area contributed by atoms with Crippen LogP contribution in [0.1, 0.15) is 54.3 Å². The smallest absolute Gasteiger partial charge is 0.220 e. The Bertz CT molecular complexity index is 702. The van der Waals surface area contributed by atoms with Crippen LogP contribution in [0.25, 0.3) is 0 Å². The van der Waals surface area contributed by atoms with E-state index in [1.54, 1.807) is 0 Å². The monoisotopic (exact) mass is 330 g/mol. The summed E-state index contributed by atoms with van der Waals surface area (Å²) in [6.45, 7) is 5.28. The molecular weight excluding hydrogens is 304 g/mol. The number of aromatic nitrogens is 5. The average Bonchev–Trinajstić information content (AvgIpc) is 3.12. The van der Waals surface area contributed by atoms with Gasteiger partial charge in [0.25, 0.3) is 0 Å². The maximum atomic E-state index is 12.0. The highest BCUT2D eigenvalue weighted by atomic mass is 16.1. The molecular formula is C17H26N6O. The molecule has 0 saturated carbocycles. The Balaban J connectivity index is 1.37. The van der Waals surface area contributed by atoms with Crippen LogP contribution in [0.4, 0.5) is 0 Å². The van der Waals surface area contributed by atoms with E-state index < -0.39 is 0 Å². The second-order valence-corrected chi connectivity index (χ2v) is 6.47. The first-order valence-corrected chi connectivity index (χ1v) is 8.83. The molecule has 24 heavy (non-hydrogen) atoms. The molecule has 0 atom stereocenters. The van der Waals surface area contributed by atoms with Gasteiger partial charge in [-0.2, -0.15) is 10.2 Å². The number of carbonyl (C=O) groups is 1. The van der Waals surface area contributed by atoms with E-state index >= 15 is 0 Å². The first-order chi connectivity index (χ1) is 11.6. The number of hydrogen-bond acceptors (Lipinski definition) is 4. The van der Waals surface area contributed by atoms with Gasteiger partial charge in [0.05, 0.1) is 5.69 Å². The molecule has 0 saturated heterocycles. The fraction of sp³-hybridized carbons (Fsp3) is 0.647. The van der Waals surface area contributed by atoms with Gasteiger partial charge in [-0.1, -0.05) is 0 Å². The van der Waals surface area contributed by atoms with Crippen LogP contribution in [-0.2, 0) is 30.6 Å². The van der Waals surface area contributed by atoms with Crippen LogP contribution in [-0.4, -0.2) is 37.4 Å². The van der Waals surface area contributed by atoms with E-state index in [1.165, 1.54) is 24.1 Å². The molecule has 0 fully saturated rings. The van der Waals surface area contributed by atoms with Gasteiger partial charge in [0, 0.05) is 31.6 Å². The van der Waals surface area contributed by atoms with Gasteiger partial charge in [0.15, 0.2) is 0 Å². The Kier molecular flexibility index (Phi) is 5.27. The Morgan fingerprint density at radius 1 is 1.29 bits per heavy atom. The van der Waals surface area contributed by atoms with E-state index in [0.717, 1.165) is 49.6 Å². The first-order valence-electron chi connectivity index (χ1n) is 8.83. The highest BCUT2D eigenvalue weighted by molar-refractivity contribution is 5.76. The number of nitrogens with one attached hydrogen (secondary N) is 2. The molecule has 130 valence electrons. The molecule has 2 aromatic heterocycles. The predicted octanol–water partition coefficient (Wildman–Crippen LogP) is 1.64. The molecule has 0 spiro atoms. The second-order valence-electron chi connectivity index (χ2n) is 6.47. The van der Waals surface area contributed by atoms with Crippen molar-refractivity contribution in [2.24, 2.45) is 0 Å². The summed E-state index contributed by atoms with van der Waals surface area (Å²) in [5.41, 5.74) is 3.70. The van der Waals surface area contributed by atoms with Crippen LogP contribution in [0.5, 0.6) is 0 Å². The zero-order valence-corrected chi connectivity index (χ0v) is 14.6. The summed E-state index contributed by atoms with van der Waals surface area (Å²) in [5, 5.41) is 14.8. The van der Waals surface area contributed by atoms with Crippen LogP contribution in [0, 0.1) is 13.8 Å². The lowest BCUT2D eigenvalue weighted by molar-refractivity contribution is -0.121. The highest BCUT2D eigenvalue weighted by Gasteiger charge is 2.17. The summed E-state index contributed by atoms with van der Waals surface area (Å²) in [6.07, 6.45) is 6.73. The second kappa shape index (κ2) is 7.59. The third-order valence-corrected chi connectivity index (χ3v) is 4.56. The molecule has 2 N–H and O–H groups in total. The van der Waals surface area contributed by atoms with Crippen molar-refractivity contribution in [3.63, 3.8) is 0 Å². The molecule has 7 nitrogen and oxygen atoms in total. The van der Waals surface area contributed by atoms with Gasteiger partial charge in [0.1, 0.15) is 11.6 Å². The van der Waals surface area contributed by atoms with Crippen molar-refractivity contribution in [3.05, 3.63) is 28.6 Å². The fourth-order valence-electron chi connectivity index (χ4n) is 3.31. The van der Waals surface area contributed by atoms with E-state index in [9.17, 15) is 4.79 Å². The molecule has 1 aliphatic carbocycles. The van der Waals surface area contributed by atoms with Gasteiger partial charge in [-0.25, -0.2) is 4.98 Å². The van der Waals surface area contributed by atoms with Crippen LogP contribution >= 0.6 is 0 Å². The van der Waals surface area contributed by atoms with Gasteiger partial charge in [-0.05, 0) is 51.5 Å². The highest BCUT2D eigenvalue weighted by Crippen LogP contribution is 2.22. The van der Waals surface area contributed by atoms with Crippen molar-refractivity contribution in [3.8, 4) is 0 Å². The molecule has 1 aliphatic rings. The van der Waals surface area contributed by atoms with Crippen molar-refractivity contribution in [2.75, 3.05) is 6.54 Å². The van der Waals surface area contributed by atoms with Gasteiger partial charge in [-0.3, -0.25) is 14.6 Å². The van der Waals surface area contributed by atoms with E-state index in [1.807, 2.05) is 18.5 Å². The zero-order valence-electron chi connectivity index (χ0n) is 14.6. The van der Waals surface area contributed by atoms with Crippen molar-refractivity contribution in [1.29, 1.82) is 0 Å². The largest absolute Gasteiger partial charge is 0.356 e. The normalized spacial score (nSPS) is 13.8. The number of carbonyl (C=O) groups excluding carboxylic acids is 1. The van der Waals surface area contributed by atoms with E-state index in [0.29, 0.717) is 13.0 Å². The van der Waals surface area contributed by atoms with E-state index in [4.69, 9.17) is 0 Å². The number of aryl methyl sites for hydroxylation is 5. The lowest BCUT2D eigenvalue weighted by atomic mass is 9.95. The predicted molar refractivity (Wildman–Crippen MR) is 90.7 cm³/mol. The lowest BCUT2D eigenvalue weighted by Gasteiger charge is -2.11. The number of rotatable bonds is 7. The van der Waals surface area contributed by atoms with Crippen LogP contribution in [0.3, 0.4) is 0 Å². The minimum absolute atomic E-state index is 0.0917. The summed E-state index contributed by atoms with van der Waals surface area (Å²) in [5.74, 6) is 1.80. The van der Waals surface area contributed by atoms with Gasteiger partial charge < -0.3 is 5.32 Å². The van der Waals surface area contributed by atoms with Crippen molar-refractivity contribution in [1.82, 2.24) is 30.3 Å². The molecule has 3 rings (SSSR count). The molecule has 0 unspecified atom stereocenters. The maximum absolute atomic E-state index is 12.0. The van der Waals surface area contributed by atoms with Crippen molar-refractivity contribution >= 4 is 5.91 Å². The SMILES string of the molecule is Cc1nc(C)n(CCCNC(=O)CCc2n[nH]c3c2CCCC3)n1. The third kappa shape index (κ3) is 4.01. The summed E-state index contributed by atoms with van der Waals surface area (Å²) in [7, 11) is 0. The molecule has 0 bridgehead atoms. The maximum Gasteiger partial charge on any atom is 0.220 e. The Hall–Kier alpha value is -2.18. The number of nitrogens with zero attached hydrogens (tertiary/aromatic N) is 4. The Morgan fingerprint density at radius 2 is 2.12 bits per heavy atom. The molecule has 7 heteroatoms. The third-order valence-electron chi connectivity index (χ3n) is 4.56. The van der Waals surface area contributed by atoms with Crippen LogP contribution < -0.4 is 5.32 Å². The molecule has 0 aromatic carbocycles. The molecule has 0 aliphatic heterocycles. The Morgan fingerprint density at radius 3 is 2.92 bits per heavy atom. The summed E-state index contributed by atoms with van der Waals surface area (Å²) < 4.78 is 1.89. The lowest BCUT2D eigenvalue weighted by Crippen LogP contribution is -2.25. The molecule has 2 heterocycles. The van der Waals surface area contributed by atoms with Gasteiger partial charge in [-0.15, -0.1) is 0 Å². The first kappa shape index (κ1) is 16.7.